The van der Waals surface area contributed by atoms with E-state index in [0.29, 0.717) is 24.1 Å². The molecule has 2 N–H and O–H groups in total. The van der Waals surface area contributed by atoms with Gasteiger partial charge in [0.2, 0.25) is 0 Å². The molecular weight excluding hydrogens is 267 g/mol. The van der Waals surface area contributed by atoms with Gasteiger partial charge in [-0.3, -0.25) is 0 Å². The molecule has 0 aliphatic carbocycles. The summed E-state index contributed by atoms with van der Waals surface area (Å²) < 4.78 is 19.5. The Morgan fingerprint density at radius 3 is 2.81 bits per heavy atom. The number of nitrogens with two attached hydrogens (primary N) is 1. The van der Waals surface area contributed by atoms with Crippen molar-refractivity contribution < 1.29 is 9.13 Å². The van der Waals surface area contributed by atoms with E-state index in [-0.39, 0.29) is 5.82 Å². The average molecular weight is 294 g/mol. The van der Waals surface area contributed by atoms with Crippen molar-refractivity contribution in [1.82, 2.24) is 0 Å². The smallest absolute Gasteiger partial charge is 0.167 e. The third kappa shape index (κ3) is 3.80. The summed E-state index contributed by atoms with van der Waals surface area (Å²) in [7, 11) is 0. The number of piperidine rings is 1. The monoisotopic (exact) mass is 294 g/mol. The van der Waals surface area contributed by atoms with E-state index in [1.165, 1.54) is 25.3 Å². The maximum atomic E-state index is 13.9. The van der Waals surface area contributed by atoms with Gasteiger partial charge in [-0.1, -0.05) is 20.3 Å². The Hall–Kier alpha value is -1.45. The van der Waals surface area contributed by atoms with Crippen molar-refractivity contribution in [3.8, 4) is 5.75 Å². The second-order valence-electron chi connectivity index (χ2n) is 5.82. The molecule has 1 heterocycles. The molecule has 1 aromatic rings. The normalized spacial score (nSPS) is 18.8. The Kier molecular flexibility index (Phi) is 5.71. The van der Waals surface area contributed by atoms with E-state index in [4.69, 9.17) is 10.5 Å². The lowest BCUT2D eigenvalue weighted by Gasteiger charge is -2.38. The van der Waals surface area contributed by atoms with Gasteiger partial charge in [-0.2, -0.15) is 0 Å². The van der Waals surface area contributed by atoms with E-state index in [2.05, 4.69) is 11.8 Å². The van der Waals surface area contributed by atoms with Gasteiger partial charge in [-0.15, -0.1) is 0 Å². The predicted molar refractivity (Wildman–Crippen MR) is 86.5 cm³/mol. The van der Waals surface area contributed by atoms with Crippen LogP contribution < -0.4 is 15.4 Å². The third-order valence-electron chi connectivity index (χ3n) is 4.10. The van der Waals surface area contributed by atoms with Gasteiger partial charge < -0.3 is 15.4 Å². The van der Waals surface area contributed by atoms with Crippen LogP contribution in [0.1, 0.15) is 52.4 Å². The lowest BCUT2D eigenvalue weighted by Crippen LogP contribution is -2.39. The first kappa shape index (κ1) is 15.9. The first-order chi connectivity index (χ1) is 10.2. The Morgan fingerprint density at radius 1 is 1.29 bits per heavy atom. The van der Waals surface area contributed by atoms with Crippen LogP contribution in [0.25, 0.3) is 0 Å². The molecule has 0 amide bonds. The highest BCUT2D eigenvalue weighted by atomic mass is 19.1. The first-order valence-electron chi connectivity index (χ1n) is 8.15. The highest BCUT2D eigenvalue weighted by Crippen LogP contribution is 2.35. The molecule has 1 atom stereocenters. The molecule has 0 aromatic heterocycles. The number of benzene rings is 1. The number of ether oxygens (including phenoxy) is 1. The van der Waals surface area contributed by atoms with Crippen LogP contribution in [0.2, 0.25) is 0 Å². The quantitative estimate of drug-likeness (QED) is 0.792. The van der Waals surface area contributed by atoms with Crippen molar-refractivity contribution in [2.75, 3.05) is 23.8 Å². The molecule has 118 valence electrons. The van der Waals surface area contributed by atoms with Crippen molar-refractivity contribution in [2.24, 2.45) is 0 Å². The summed E-state index contributed by atoms with van der Waals surface area (Å²) in [5.74, 6) is -0.0457. The Morgan fingerprint density at radius 2 is 2.10 bits per heavy atom. The maximum Gasteiger partial charge on any atom is 0.167 e. The highest BCUT2D eigenvalue weighted by molar-refractivity contribution is 5.70. The Bertz CT molecular complexity index is 462. The second kappa shape index (κ2) is 7.53. The molecule has 1 aliphatic heterocycles. The fraction of sp³-hybridized carbons (Fsp3) is 0.647. The van der Waals surface area contributed by atoms with Gasteiger partial charge in [-0.25, -0.2) is 4.39 Å². The van der Waals surface area contributed by atoms with Crippen LogP contribution in [0.3, 0.4) is 0 Å². The predicted octanol–water partition coefficient (Wildman–Crippen LogP) is 4.36. The summed E-state index contributed by atoms with van der Waals surface area (Å²) in [4.78, 5) is 2.35. The molecule has 0 radical (unpaired) electrons. The number of rotatable bonds is 6. The summed E-state index contributed by atoms with van der Waals surface area (Å²) in [6, 6.07) is 3.70. The zero-order chi connectivity index (χ0) is 15.2. The zero-order valence-electron chi connectivity index (χ0n) is 13.2. The van der Waals surface area contributed by atoms with E-state index in [9.17, 15) is 4.39 Å². The van der Waals surface area contributed by atoms with Crippen LogP contribution in [0, 0.1) is 5.82 Å². The molecule has 1 fully saturated rings. The van der Waals surface area contributed by atoms with Crippen LogP contribution >= 0.6 is 0 Å². The van der Waals surface area contributed by atoms with E-state index >= 15 is 0 Å². The Labute approximate surface area is 127 Å². The standard InChI is InChI=1S/C17H27FN2O/c1-3-7-13-8-5-6-9-20(13)16-12-17(21-10-4-2)14(18)11-15(16)19/h11-13H,3-10,19H2,1-2H3. The lowest BCUT2D eigenvalue weighted by molar-refractivity contribution is 0.301. The molecule has 3 nitrogen and oxygen atoms in total. The molecule has 0 spiro atoms. The average Bonchev–Trinajstić information content (AvgIpc) is 2.48. The first-order valence-corrected chi connectivity index (χ1v) is 8.15. The summed E-state index contributed by atoms with van der Waals surface area (Å²) in [5, 5.41) is 0. The van der Waals surface area contributed by atoms with E-state index in [0.717, 1.165) is 31.5 Å². The largest absolute Gasteiger partial charge is 0.490 e. The summed E-state index contributed by atoms with van der Waals surface area (Å²) in [5.41, 5.74) is 7.52. The summed E-state index contributed by atoms with van der Waals surface area (Å²) in [6.45, 7) is 5.74. The van der Waals surface area contributed by atoms with E-state index < -0.39 is 0 Å². The molecule has 0 saturated carbocycles. The zero-order valence-corrected chi connectivity index (χ0v) is 13.2. The van der Waals surface area contributed by atoms with Crippen molar-refractivity contribution in [3.63, 3.8) is 0 Å². The minimum absolute atomic E-state index is 0.321. The number of halogens is 1. The van der Waals surface area contributed by atoms with E-state index in [1.54, 1.807) is 6.07 Å². The SMILES string of the molecule is CCCOc1cc(N2CCCCC2CCC)c(N)cc1F. The molecule has 4 heteroatoms. The van der Waals surface area contributed by atoms with Crippen LogP contribution in [0.4, 0.5) is 15.8 Å². The molecular formula is C17H27FN2O. The topological polar surface area (TPSA) is 38.5 Å². The third-order valence-corrected chi connectivity index (χ3v) is 4.10. The molecule has 2 rings (SSSR count). The fourth-order valence-electron chi connectivity index (χ4n) is 3.08. The molecule has 1 aliphatic rings. The number of hydrogen-bond donors (Lipinski definition) is 1. The van der Waals surface area contributed by atoms with Crippen LogP contribution in [0.15, 0.2) is 12.1 Å². The van der Waals surface area contributed by atoms with Crippen molar-refractivity contribution in [1.29, 1.82) is 0 Å². The van der Waals surface area contributed by atoms with Gasteiger partial charge in [0.1, 0.15) is 0 Å². The number of nitrogens with zero attached hydrogens (tertiary/aromatic N) is 1. The lowest BCUT2D eigenvalue weighted by atomic mass is 9.97. The van der Waals surface area contributed by atoms with Gasteiger partial charge in [-0.05, 0) is 32.1 Å². The van der Waals surface area contributed by atoms with E-state index in [1.807, 2.05) is 6.92 Å². The van der Waals surface area contributed by atoms with Crippen molar-refractivity contribution in [2.45, 2.75) is 58.4 Å². The maximum absolute atomic E-state index is 13.9. The second-order valence-corrected chi connectivity index (χ2v) is 5.82. The summed E-state index contributed by atoms with van der Waals surface area (Å²) >= 11 is 0. The van der Waals surface area contributed by atoms with Gasteiger partial charge in [0.05, 0.1) is 18.0 Å². The van der Waals surface area contributed by atoms with Gasteiger partial charge in [0, 0.05) is 24.7 Å². The van der Waals surface area contributed by atoms with Crippen molar-refractivity contribution in [3.05, 3.63) is 17.9 Å². The molecule has 1 saturated heterocycles. The number of anilines is 2. The van der Waals surface area contributed by atoms with Crippen LogP contribution in [-0.4, -0.2) is 19.2 Å². The van der Waals surface area contributed by atoms with Gasteiger partial charge >= 0.3 is 0 Å². The minimum Gasteiger partial charge on any atom is -0.490 e. The number of nitrogen functional groups attached to an aromatic ring is 1. The highest BCUT2D eigenvalue weighted by Gasteiger charge is 2.24. The molecule has 0 bridgehead atoms. The summed E-state index contributed by atoms with van der Waals surface area (Å²) in [6.07, 6.45) is 6.80. The fourth-order valence-corrected chi connectivity index (χ4v) is 3.08. The van der Waals surface area contributed by atoms with Gasteiger partial charge in [0.15, 0.2) is 11.6 Å². The van der Waals surface area contributed by atoms with Crippen LogP contribution in [-0.2, 0) is 0 Å². The number of hydrogen-bond acceptors (Lipinski definition) is 3. The molecule has 21 heavy (non-hydrogen) atoms. The Balaban J connectivity index is 2.27. The van der Waals surface area contributed by atoms with Gasteiger partial charge in [0.25, 0.3) is 0 Å². The molecule has 1 unspecified atom stereocenters. The molecule has 1 aromatic carbocycles. The van der Waals surface area contributed by atoms with Crippen molar-refractivity contribution >= 4 is 11.4 Å². The minimum atomic E-state index is -0.367. The van der Waals surface area contributed by atoms with Crippen LogP contribution in [0.5, 0.6) is 5.75 Å².